The third kappa shape index (κ3) is 5.61. The zero-order chi connectivity index (χ0) is 29.9. The minimum Gasteiger partial charge on any atom is -0.493 e. The minimum atomic E-state index is -0.545. The van der Waals surface area contributed by atoms with E-state index in [2.05, 4.69) is 9.97 Å². The SMILES string of the molecule is COc1cc(COC(=O)N2CCC(c3nc(-c4ccc5c(c4)OCO5)c(-c4ccccn4)[nH]3)CC2)c([N+](=O)[O-])cc1OC. The Morgan fingerprint density at radius 3 is 2.56 bits per heavy atom. The highest BCUT2D eigenvalue weighted by molar-refractivity contribution is 5.78. The molecule has 13 nitrogen and oxygen atoms in total. The smallest absolute Gasteiger partial charge is 0.410 e. The van der Waals surface area contributed by atoms with Crippen LogP contribution in [0.2, 0.25) is 0 Å². The Balaban J connectivity index is 1.15. The van der Waals surface area contributed by atoms with Crippen LogP contribution in [0.5, 0.6) is 23.0 Å². The van der Waals surface area contributed by atoms with E-state index in [1.54, 1.807) is 11.1 Å². The molecule has 4 aromatic rings. The number of ether oxygens (including phenoxy) is 5. The van der Waals surface area contributed by atoms with Crippen molar-refractivity contribution >= 4 is 11.8 Å². The van der Waals surface area contributed by atoms with Crippen LogP contribution in [-0.4, -0.2) is 65.0 Å². The number of nitro benzene ring substituents is 1. The molecule has 1 N–H and O–H groups in total. The van der Waals surface area contributed by atoms with Crippen molar-refractivity contribution in [3.63, 3.8) is 0 Å². The molecule has 2 aromatic heterocycles. The lowest BCUT2D eigenvalue weighted by Crippen LogP contribution is -2.38. The lowest BCUT2D eigenvalue weighted by atomic mass is 9.96. The van der Waals surface area contributed by atoms with Gasteiger partial charge in [0.25, 0.3) is 5.69 Å². The summed E-state index contributed by atoms with van der Waals surface area (Å²) in [4.78, 5) is 38.6. The first-order valence-electron chi connectivity index (χ1n) is 13.7. The van der Waals surface area contributed by atoms with Gasteiger partial charge >= 0.3 is 6.09 Å². The van der Waals surface area contributed by atoms with Crippen LogP contribution < -0.4 is 18.9 Å². The number of amides is 1. The number of pyridine rings is 1. The largest absolute Gasteiger partial charge is 0.493 e. The molecule has 1 saturated heterocycles. The first-order valence-corrected chi connectivity index (χ1v) is 13.7. The van der Waals surface area contributed by atoms with E-state index in [9.17, 15) is 14.9 Å². The lowest BCUT2D eigenvalue weighted by molar-refractivity contribution is -0.385. The van der Waals surface area contributed by atoms with Crippen molar-refractivity contribution in [3.05, 3.63) is 76.2 Å². The van der Waals surface area contributed by atoms with Gasteiger partial charge in [-0.05, 0) is 49.2 Å². The summed E-state index contributed by atoms with van der Waals surface area (Å²) in [5.74, 6) is 2.77. The molecule has 6 rings (SSSR count). The number of hydrogen-bond donors (Lipinski definition) is 1. The quantitative estimate of drug-likeness (QED) is 0.212. The van der Waals surface area contributed by atoms with Crippen LogP contribution in [0.15, 0.2) is 54.7 Å². The summed E-state index contributed by atoms with van der Waals surface area (Å²) in [5, 5.41) is 11.6. The van der Waals surface area contributed by atoms with Gasteiger partial charge in [0, 0.05) is 30.8 Å². The van der Waals surface area contributed by atoms with Crippen LogP contribution in [-0.2, 0) is 11.3 Å². The number of methoxy groups -OCH3 is 2. The second-order valence-corrected chi connectivity index (χ2v) is 10.0. The zero-order valence-corrected chi connectivity index (χ0v) is 23.6. The van der Waals surface area contributed by atoms with Gasteiger partial charge in [-0.15, -0.1) is 0 Å². The van der Waals surface area contributed by atoms with E-state index in [4.69, 9.17) is 28.7 Å². The molecule has 2 aliphatic rings. The monoisotopic (exact) mass is 587 g/mol. The number of carbonyl (C=O) groups is 1. The molecule has 1 amide bonds. The fraction of sp³-hybridized carbons (Fsp3) is 0.300. The van der Waals surface area contributed by atoms with Crippen LogP contribution >= 0.6 is 0 Å². The molecule has 2 aromatic carbocycles. The number of nitro groups is 1. The molecule has 4 heterocycles. The molecular weight excluding hydrogens is 558 g/mol. The molecule has 0 atom stereocenters. The molecule has 0 radical (unpaired) electrons. The Bertz CT molecular complexity index is 1650. The van der Waals surface area contributed by atoms with E-state index in [1.807, 2.05) is 36.4 Å². The third-order valence-electron chi connectivity index (χ3n) is 7.56. The number of hydrogen-bond acceptors (Lipinski definition) is 10. The molecule has 0 aliphatic carbocycles. The third-order valence-corrected chi connectivity index (χ3v) is 7.56. The van der Waals surface area contributed by atoms with Crippen LogP contribution in [0.25, 0.3) is 22.6 Å². The maximum Gasteiger partial charge on any atom is 0.410 e. The van der Waals surface area contributed by atoms with Crippen molar-refractivity contribution in [2.24, 2.45) is 0 Å². The molecule has 1 fully saturated rings. The predicted molar refractivity (Wildman–Crippen MR) is 153 cm³/mol. The summed E-state index contributed by atoms with van der Waals surface area (Å²) >= 11 is 0. The van der Waals surface area contributed by atoms with Gasteiger partial charge in [0.1, 0.15) is 12.4 Å². The van der Waals surface area contributed by atoms with Crippen LogP contribution in [0.4, 0.5) is 10.5 Å². The van der Waals surface area contributed by atoms with E-state index >= 15 is 0 Å². The molecular formula is C30H29N5O8. The van der Waals surface area contributed by atoms with E-state index in [0.29, 0.717) is 43.2 Å². The average molecular weight is 588 g/mol. The Kier molecular flexibility index (Phi) is 7.69. The Labute approximate surface area is 246 Å². The van der Waals surface area contributed by atoms with Gasteiger partial charge in [-0.2, -0.15) is 0 Å². The summed E-state index contributed by atoms with van der Waals surface area (Å²) in [7, 11) is 2.82. The zero-order valence-electron chi connectivity index (χ0n) is 23.6. The highest BCUT2D eigenvalue weighted by Gasteiger charge is 2.29. The second-order valence-electron chi connectivity index (χ2n) is 10.0. The fourth-order valence-corrected chi connectivity index (χ4v) is 5.30. The number of nitrogens with one attached hydrogen (secondary N) is 1. The van der Waals surface area contributed by atoms with Crippen molar-refractivity contribution < 1.29 is 33.4 Å². The van der Waals surface area contributed by atoms with E-state index in [1.165, 1.54) is 26.4 Å². The van der Waals surface area contributed by atoms with Gasteiger partial charge in [0.2, 0.25) is 6.79 Å². The lowest BCUT2D eigenvalue weighted by Gasteiger charge is -2.30. The average Bonchev–Trinajstić information content (AvgIpc) is 3.71. The number of nitrogens with zero attached hydrogens (tertiary/aromatic N) is 4. The summed E-state index contributed by atoms with van der Waals surface area (Å²) in [6.45, 7) is 0.789. The van der Waals surface area contributed by atoms with Crippen LogP contribution in [0, 0.1) is 10.1 Å². The molecule has 2 aliphatic heterocycles. The number of H-pyrrole nitrogens is 1. The van der Waals surface area contributed by atoms with Crippen LogP contribution in [0.3, 0.4) is 0 Å². The van der Waals surface area contributed by atoms with Crippen LogP contribution in [0.1, 0.15) is 30.1 Å². The maximum absolute atomic E-state index is 12.9. The number of rotatable bonds is 8. The Hall–Kier alpha value is -5.33. The van der Waals surface area contributed by atoms with E-state index in [0.717, 1.165) is 28.5 Å². The molecule has 0 saturated carbocycles. The number of aromatic amines is 1. The van der Waals surface area contributed by atoms with Crippen molar-refractivity contribution in [2.45, 2.75) is 25.4 Å². The summed E-state index contributed by atoms with van der Waals surface area (Å²) < 4.78 is 26.9. The number of piperidine rings is 1. The Morgan fingerprint density at radius 1 is 1.07 bits per heavy atom. The maximum atomic E-state index is 12.9. The Morgan fingerprint density at radius 2 is 1.84 bits per heavy atom. The topological polar surface area (TPSA) is 151 Å². The van der Waals surface area contributed by atoms with Gasteiger partial charge in [-0.25, -0.2) is 9.78 Å². The molecule has 222 valence electrons. The van der Waals surface area contributed by atoms with E-state index < -0.39 is 11.0 Å². The second kappa shape index (κ2) is 11.9. The highest BCUT2D eigenvalue weighted by Crippen LogP contribution is 2.40. The molecule has 43 heavy (non-hydrogen) atoms. The van der Waals surface area contributed by atoms with Gasteiger partial charge in [-0.1, -0.05) is 6.07 Å². The summed E-state index contributed by atoms with van der Waals surface area (Å²) in [6, 6.07) is 14.1. The van der Waals surface area contributed by atoms with E-state index in [-0.39, 0.29) is 36.3 Å². The van der Waals surface area contributed by atoms with Gasteiger partial charge in [-0.3, -0.25) is 15.1 Å². The van der Waals surface area contributed by atoms with Crippen molar-refractivity contribution in [1.82, 2.24) is 19.9 Å². The number of imidazole rings is 1. The highest BCUT2D eigenvalue weighted by atomic mass is 16.7. The molecule has 0 spiro atoms. The number of benzene rings is 2. The summed E-state index contributed by atoms with van der Waals surface area (Å²) in [5.41, 5.74) is 3.18. The van der Waals surface area contributed by atoms with Crippen molar-refractivity contribution in [3.8, 4) is 45.6 Å². The van der Waals surface area contributed by atoms with Gasteiger partial charge in [0.05, 0.1) is 47.9 Å². The molecule has 0 unspecified atom stereocenters. The minimum absolute atomic E-state index is 0.0706. The summed E-state index contributed by atoms with van der Waals surface area (Å²) in [6.07, 6.45) is 2.50. The van der Waals surface area contributed by atoms with Crippen molar-refractivity contribution in [1.29, 1.82) is 0 Å². The van der Waals surface area contributed by atoms with Crippen molar-refractivity contribution in [2.75, 3.05) is 34.1 Å². The first kappa shape index (κ1) is 27.8. The number of fused-ring (bicyclic) bond motifs is 1. The van der Waals surface area contributed by atoms with Gasteiger partial charge in [0.15, 0.2) is 23.0 Å². The fourth-order valence-electron chi connectivity index (χ4n) is 5.30. The number of carbonyl (C=O) groups excluding carboxylic acids is 1. The molecule has 0 bridgehead atoms. The molecule has 13 heteroatoms. The van der Waals surface area contributed by atoms with Gasteiger partial charge < -0.3 is 33.6 Å². The standard InChI is InChI=1S/C30H29N5O8/c1-39-24-14-20(22(35(37)38)15-25(24)40-2)16-41-30(36)34-11-8-18(9-12-34)29-32-27(28(33-29)21-5-3-4-10-31-21)19-6-7-23-26(13-19)43-17-42-23/h3-7,10,13-15,18H,8-9,11-12,16-17H2,1-2H3,(H,32,33). The first-order chi connectivity index (χ1) is 20.9. The number of aromatic nitrogens is 3. The normalized spacial score (nSPS) is 14.4. The predicted octanol–water partition coefficient (Wildman–Crippen LogP) is 5.31. The number of likely N-dealkylation sites (tertiary alicyclic amines) is 1.